The van der Waals surface area contributed by atoms with Crippen molar-refractivity contribution < 1.29 is 14.3 Å². The normalized spacial score (nSPS) is 19.3. The first kappa shape index (κ1) is 21.2. The van der Waals surface area contributed by atoms with E-state index < -0.39 is 5.56 Å². The number of nitrogens with zero attached hydrogens (tertiary/aromatic N) is 1. The Hall–Kier alpha value is -3.65. The van der Waals surface area contributed by atoms with E-state index in [1.54, 1.807) is 18.5 Å². The molecule has 0 atom stereocenters. The summed E-state index contributed by atoms with van der Waals surface area (Å²) in [5.41, 5.74) is 2.45. The highest BCUT2D eigenvalue weighted by atomic mass is 16.7. The van der Waals surface area contributed by atoms with Gasteiger partial charge in [0.1, 0.15) is 5.56 Å². The van der Waals surface area contributed by atoms with Gasteiger partial charge in [0.25, 0.3) is 11.5 Å². The van der Waals surface area contributed by atoms with Crippen LogP contribution in [0.15, 0.2) is 59.8 Å². The van der Waals surface area contributed by atoms with Crippen LogP contribution in [0.2, 0.25) is 0 Å². The van der Waals surface area contributed by atoms with Crippen molar-refractivity contribution in [3.05, 3.63) is 76.5 Å². The van der Waals surface area contributed by atoms with Crippen LogP contribution < -0.4 is 25.7 Å². The van der Waals surface area contributed by atoms with E-state index in [4.69, 9.17) is 9.47 Å². The summed E-state index contributed by atoms with van der Waals surface area (Å²) in [4.78, 5) is 32.1. The Morgan fingerprint density at radius 3 is 2.67 bits per heavy atom. The van der Waals surface area contributed by atoms with E-state index in [1.807, 2.05) is 30.5 Å². The van der Waals surface area contributed by atoms with Gasteiger partial charge in [-0.2, -0.15) is 0 Å². The molecule has 1 aromatic carbocycles. The zero-order chi connectivity index (χ0) is 22.6. The van der Waals surface area contributed by atoms with Crippen LogP contribution in [0.4, 0.5) is 0 Å². The topological polar surface area (TPSA) is 105 Å². The van der Waals surface area contributed by atoms with Gasteiger partial charge >= 0.3 is 0 Å². The fraction of sp³-hybridized carbons (Fsp3) is 0.320. The number of amides is 1. The molecule has 0 unspecified atom stereocenters. The van der Waals surface area contributed by atoms with Crippen LogP contribution in [0.3, 0.4) is 0 Å². The van der Waals surface area contributed by atoms with Crippen molar-refractivity contribution in [2.24, 2.45) is 0 Å². The largest absolute Gasteiger partial charge is 0.454 e. The predicted octanol–water partition coefficient (Wildman–Crippen LogP) is 3.00. The van der Waals surface area contributed by atoms with Crippen molar-refractivity contribution >= 4 is 5.91 Å². The van der Waals surface area contributed by atoms with Crippen LogP contribution in [-0.4, -0.2) is 34.8 Å². The summed E-state index contributed by atoms with van der Waals surface area (Å²) in [5.74, 6) is 0.996. The molecule has 1 aliphatic heterocycles. The molecule has 3 heterocycles. The summed E-state index contributed by atoms with van der Waals surface area (Å²) < 4.78 is 10.8. The Morgan fingerprint density at radius 1 is 1.03 bits per heavy atom. The molecule has 3 N–H and O–H groups in total. The molecule has 2 aliphatic rings. The molecule has 0 radical (unpaired) electrons. The van der Waals surface area contributed by atoms with E-state index in [0.717, 1.165) is 48.9 Å². The third kappa shape index (κ3) is 4.90. The number of H-pyrrole nitrogens is 1. The van der Waals surface area contributed by atoms with Crippen LogP contribution in [0.25, 0.3) is 11.1 Å². The average molecular weight is 447 g/mol. The Kier molecular flexibility index (Phi) is 6.08. The molecule has 5 rings (SSSR count). The molecule has 170 valence electrons. The van der Waals surface area contributed by atoms with E-state index in [9.17, 15) is 9.59 Å². The van der Waals surface area contributed by atoms with Crippen LogP contribution in [0, 0.1) is 0 Å². The molecule has 33 heavy (non-hydrogen) atoms. The summed E-state index contributed by atoms with van der Waals surface area (Å²) in [5, 5.41) is 6.62. The van der Waals surface area contributed by atoms with Gasteiger partial charge in [0.05, 0.1) is 0 Å². The minimum atomic E-state index is -0.399. The number of nitrogens with one attached hydrogen (secondary N) is 3. The number of carbonyl (C=O) groups is 1. The first-order valence-electron chi connectivity index (χ1n) is 11.2. The number of fused-ring (bicyclic) bond motifs is 1. The van der Waals surface area contributed by atoms with E-state index in [-0.39, 0.29) is 24.3 Å². The average Bonchev–Trinajstić information content (AvgIpc) is 3.32. The highest BCUT2D eigenvalue weighted by molar-refractivity contribution is 5.95. The lowest BCUT2D eigenvalue weighted by Gasteiger charge is -2.29. The smallest absolute Gasteiger partial charge is 0.260 e. The van der Waals surface area contributed by atoms with Crippen LogP contribution >= 0.6 is 0 Å². The van der Waals surface area contributed by atoms with Crippen molar-refractivity contribution in [2.45, 2.75) is 44.3 Å². The maximum absolute atomic E-state index is 12.9. The molecular weight excluding hydrogens is 420 g/mol. The second-order valence-electron chi connectivity index (χ2n) is 8.46. The number of hydrogen-bond donors (Lipinski definition) is 3. The maximum atomic E-state index is 12.9. The van der Waals surface area contributed by atoms with Crippen molar-refractivity contribution in [2.75, 3.05) is 6.79 Å². The lowest BCUT2D eigenvalue weighted by molar-refractivity contribution is 0.0922. The molecule has 1 fully saturated rings. The number of pyridine rings is 2. The standard InChI is InChI=1S/C25H26N4O4/c30-24-21(10-18(14-28-24)17-3-8-22-23(11-17)33-15-32-22)25(31)29-20-6-4-19(5-7-20)27-13-16-2-1-9-26-12-16/h1-3,8-12,14,19-20,27H,4-7,13,15H2,(H,28,30)(H,29,31). The molecule has 8 heteroatoms. The number of ether oxygens (including phenoxy) is 2. The molecule has 1 saturated carbocycles. The molecule has 0 saturated heterocycles. The van der Waals surface area contributed by atoms with Gasteiger partial charge in [-0.05, 0) is 66.6 Å². The van der Waals surface area contributed by atoms with Crippen molar-refractivity contribution in [3.8, 4) is 22.6 Å². The molecule has 0 bridgehead atoms. The third-order valence-electron chi connectivity index (χ3n) is 6.23. The number of carbonyl (C=O) groups excluding carboxylic acids is 1. The number of hydrogen-bond acceptors (Lipinski definition) is 6. The number of rotatable bonds is 6. The van der Waals surface area contributed by atoms with Gasteiger partial charge in [-0.25, -0.2) is 0 Å². The lowest BCUT2D eigenvalue weighted by atomic mass is 9.91. The van der Waals surface area contributed by atoms with Crippen molar-refractivity contribution in [1.29, 1.82) is 0 Å². The SMILES string of the molecule is O=C(NC1CCC(NCc2cccnc2)CC1)c1cc(-c2ccc3c(c2)OCO3)c[nH]c1=O. The van der Waals surface area contributed by atoms with Gasteiger partial charge in [0, 0.05) is 37.2 Å². The van der Waals surface area contributed by atoms with Crippen molar-refractivity contribution in [3.63, 3.8) is 0 Å². The molecule has 1 amide bonds. The van der Waals surface area contributed by atoms with Crippen LogP contribution in [0.5, 0.6) is 11.5 Å². The summed E-state index contributed by atoms with van der Waals surface area (Å²) in [6.07, 6.45) is 8.93. The second kappa shape index (κ2) is 9.46. The molecule has 2 aromatic heterocycles. The predicted molar refractivity (Wildman–Crippen MR) is 123 cm³/mol. The zero-order valence-electron chi connectivity index (χ0n) is 18.2. The molecular formula is C25H26N4O4. The monoisotopic (exact) mass is 446 g/mol. The quantitative estimate of drug-likeness (QED) is 0.538. The van der Waals surface area contributed by atoms with Gasteiger partial charge in [-0.15, -0.1) is 0 Å². The fourth-order valence-electron chi connectivity index (χ4n) is 4.37. The lowest BCUT2D eigenvalue weighted by Crippen LogP contribution is -2.43. The number of aromatic amines is 1. The van der Waals surface area contributed by atoms with Gasteiger partial charge in [-0.1, -0.05) is 12.1 Å². The fourth-order valence-corrected chi connectivity index (χ4v) is 4.37. The molecule has 1 aliphatic carbocycles. The van der Waals surface area contributed by atoms with E-state index in [2.05, 4.69) is 26.7 Å². The highest BCUT2D eigenvalue weighted by Crippen LogP contribution is 2.35. The number of benzene rings is 1. The molecule has 0 spiro atoms. The molecule has 8 nitrogen and oxygen atoms in total. The summed E-state index contributed by atoms with van der Waals surface area (Å²) in [6, 6.07) is 11.6. The van der Waals surface area contributed by atoms with Gasteiger partial charge in [0.15, 0.2) is 11.5 Å². The Bertz CT molecular complexity index is 1190. The number of aromatic nitrogens is 2. The first-order valence-corrected chi connectivity index (χ1v) is 11.2. The molecule has 3 aromatic rings. The summed E-state index contributed by atoms with van der Waals surface area (Å²) in [6.45, 7) is 0.983. The van der Waals surface area contributed by atoms with Gasteiger partial charge in [0.2, 0.25) is 6.79 Å². The van der Waals surface area contributed by atoms with Crippen LogP contribution in [-0.2, 0) is 6.54 Å². The van der Waals surface area contributed by atoms with E-state index in [0.29, 0.717) is 17.5 Å². The maximum Gasteiger partial charge on any atom is 0.260 e. The second-order valence-corrected chi connectivity index (χ2v) is 8.46. The van der Waals surface area contributed by atoms with E-state index in [1.165, 1.54) is 0 Å². The Balaban J connectivity index is 1.19. The van der Waals surface area contributed by atoms with Crippen molar-refractivity contribution in [1.82, 2.24) is 20.6 Å². The Labute approximate surface area is 191 Å². The summed E-state index contributed by atoms with van der Waals surface area (Å²) >= 11 is 0. The summed E-state index contributed by atoms with van der Waals surface area (Å²) in [7, 11) is 0. The van der Waals surface area contributed by atoms with Gasteiger partial charge < -0.3 is 25.1 Å². The Morgan fingerprint density at radius 2 is 1.85 bits per heavy atom. The van der Waals surface area contributed by atoms with Crippen LogP contribution in [0.1, 0.15) is 41.6 Å². The first-order chi connectivity index (χ1) is 16.2. The zero-order valence-corrected chi connectivity index (χ0v) is 18.2. The minimum absolute atomic E-state index is 0.0579. The minimum Gasteiger partial charge on any atom is -0.454 e. The van der Waals surface area contributed by atoms with E-state index >= 15 is 0 Å². The highest BCUT2D eigenvalue weighted by Gasteiger charge is 2.24. The van der Waals surface area contributed by atoms with Gasteiger partial charge in [-0.3, -0.25) is 14.6 Å². The third-order valence-corrected chi connectivity index (χ3v) is 6.23.